The molecule has 0 amide bonds. The van der Waals surface area contributed by atoms with Crippen molar-refractivity contribution in [2.45, 2.75) is 43.4 Å². The average Bonchev–Trinajstić information content (AvgIpc) is 3.01. The zero-order valence-electron chi connectivity index (χ0n) is 17.6. The average molecular weight is 439 g/mol. The van der Waals surface area contributed by atoms with E-state index in [4.69, 9.17) is 14.3 Å². The molecule has 170 valence electrons. The summed E-state index contributed by atoms with van der Waals surface area (Å²) in [7, 11) is 2.79. The van der Waals surface area contributed by atoms with Crippen molar-refractivity contribution in [3.05, 3.63) is 17.7 Å². The van der Waals surface area contributed by atoms with Gasteiger partial charge in [0.2, 0.25) is 0 Å². The fourth-order valence-electron chi connectivity index (χ4n) is 4.54. The number of methoxy groups -OCH3 is 2. The Labute approximate surface area is 179 Å². The van der Waals surface area contributed by atoms with Gasteiger partial charge in [0.25, 0.3) is 5.88 Å². The van der Waals surface area contributed by atoms with Crippen LogP contribution < -0.4 is 20.7 Å². The number of carbonyl (C=O) groups excluding carboxylic acids is 1. The van der Waals surface area contributed by atoms with Gasteiger partial charge in [-0.2, -0.15) is 4.98 Å². The van der Waals surface area contributed by atoms with Gasteiger partial charge < -0.3 is 14.4 Å². The second-order valence-corrected chi connectivity index (χ2v) is 8.07. The standard InChI is InChI=1S/C20H27F2N5O4/c1-29-19-14(22)10-13(21)18(24-19)27-7-4-20(30-2,5-8-27)17(28)15-9-12-11-23-6-3-16(12)31-26-25-15/h6,10,12,15-16,25-26H,3-5,7-9,11H2,1-2H3. The molecule has 0 aliphatic carbocycles. The number of aliphatic imine (C=N–C) groups is 1. The summed E-state index contributed by atoms with van der Waals surface area (Å²) >= 11 is 0. The highest BCUT2D eigenvalue weighted by Gasteiger charge is 2.47. The molecule has 11 heteroatoms. The Balaban J connectivity index is 1.47. The number of fused-ring (bicyclic) bond motifs is 1. The molecule has 0 spiro atoms. The zero-order valence-corrected chi connectivity index (χ0v) is 17.6. The van der Waals surface area contributed by atoms with Crippen LogP contribution in [0.15, 0.2) is 11.1 Å². The Bertz CT molecular complexity index is 847. The highest BCUT2D eigenvalue weighted by Crippen LogP contribution is 2.34. The lowest BCUT2D eigenvalue weighted by molar-refractivity contribution is -0.147. The van der Waals surface area contributed by atoms with Gasteiger partial charge in [-0.3, -0.25) is 14.6 Å². The summed E-state index contributed by atoms with van der Waals surface area (Å²) in [5, 5.41) is 0. The Morgan fingerprint density at radius 2 is 2.06 bits per heavy atom. The number of aromatic nitrogens is 1. The van der Waals surface area contributed by atoms with E-state index in [0.717, 1.165) is 6.07 Å². The molecular weight excluding hydrogens is 412 g/mol. The molecule has 31 heavy (non-hydrogen) atoms. The molecule has 4 rings (SSSR count). The monoisotopic (exact) mass is 439 g/mol. The summed E-state index contributed by atoms with van der Waals surface area (Å²) in [5.74, 6) is -1.85. The maximum Gasteiger partial charge on any atom is 0.252 e. The Morgan fingerprint density at radius 3 is 2.77 bits per heavy atom. The molecule has 0 bridgehead atoms. The number of nitrogens with zero attached hydrogens (tertiary/aromatic N) is 3. The number of hydrogen-bond acceptors (Lipinski definition) is 9. The van der Waals surface area contributed by atoms with Crippen LogP contribution in [-0.2, 0) is 14.4 Å². The zero-order chi connectivity index (χ0) is 22.0. The number of ketones is 1. The number of nitrogens with one attached hydrogen (secondary N) is 2. The quantitative estimate of drug-likeness (QED) is 0.706. The molecule has 1 aromatic heterocycles. The van der Waals surface area contributed by atoms with Gasteiger partial charge >= 0.3 is 0 Å². The third-order valence-corrected chi connectivity index (χ3v) is 6.41. The molecule has 2 N–H and O–H groups in total. The van der Waals surface area contributed by atoms with Crippen LogP contribution in [0.5, 0.6) is 5.88 Å². The SMILES string of the molecule is COc1nc(N2CCC(OC)(C(=O)C3CC4CN=CCC4ONN3)CC2)c(F)cc1F. The van der Waals surface area contributed by atoms with Crippen LogP contribution in [0.2, 0.25) is 0 Å². The minimum Gasteiger partial charge on any atom is -0.479 e. The molecule has 0 saturated carbocycles. The molecule has 1 aromatic rings. The second-order valence-electron chi connectivity index (χ2n) is 8.07. The van der Waals surface area contributed by atoms with E-state index in [1.54, 1.807) is 4.90 Å². The number of halogens is 2. The van der Waals surface area contributed by atoms with Gasteiger partial charge in [-0.05, 0) is 6.42 Å². The van der Waals surface area contributed by atoms with Crippen molar-refractivity contribution < 1.29 is 27.9 Å². The number of Topliss-reactive ketones (excluding diaryl/α,β-unsaturated/α-hetero) is 1. The van der Waals surface area contributed by atoms with Crippen molar-refractivity contribution in [3.63, 3.8) is 0 Å². The first-order valence-electron chi connectivity index (χ1n) is 10.4. The van der Waals surface area contributed by atoms with Crippen LogP contribution in [-0.4, -0.2) is 68.6 Å². The Morgan fingerprint density at radius 1 is 1.29 bits per heavy atom. The topological polar surface area (TPSA) is 97.3 Å². The van der Waals surface area contributed by atoms with Gasteiger partial charge in [0.15, 0.2) is 23.2 Å². The summed E-state index contributed by atoms with van der Waals surface area (Å²) < 4.78 is 38.6. The van der Waals surface area contributed by atoms with E-state index in [-0.39, 0.29) is 29.5 Å². The summed E-state index contributed by atoms with van der Waals surface area (Å²) in [6.07, 6.45) is 3.77. The highest BCUT2D eigenvalue weighted by molar-refractivity contribution is 5.92. The summed E-state index contributed by atoms with van der Waals surface area (Å²) in [5.41, 5.74) is 4.66. The number of rotatable bonds is 5. The Kier molecular flexibility index (Phi) is 6.47. The molecule has 2 saturated heterocycles. The summed E-state index contributed by atoms with van der Waals surface area (Å²) in [6, 6.07) is 0.255. The van der Waals surface area contributed by atoms with Gasteiger partial charge in [-0.25, -0.2) is 14.2 Å². The molecule has 3 aliphatic rings. The molecular formula is C20H27F2N5O4. The number of anilines is 1. The van der Waals surface area contributed by atoms with E-state index >= 15 is 0 Å². The van der Waals surface area contributed by atoms with Crippen molar-refractivity contribution in [1.82, 2.24) is 16.0 Å². The van der Waals surface area contributed by atoms with Crippen LogP contribution in [0, 0.1) is 17.6 Å². The van der Waals surface area contributed by atoms with Crippen molar-refractivity contribution in [1.29, 1.82) is 0 Å². The molecule has 0 radical (unpaired) electrons. The van der Waals surface area contributed by atoms with E-state index in [0.29, 0.717) is 45.3 Å². The molecule has 9 nitrogen and oxygen atoms in total. The number of hydrazine groups is 1. The highest BCUT2D eigenvalue weighted by atomic mass is 19.1. The van der Waals surface area contributed by atoms with Crippen LogP contribution in [0.3, 0.4) is 0 Å². The third-order valence-electron chi connectivity index (χ3n) is 6.41. The maximum atomic E-state index is 14.3. The largest absolute Gasteiger partial charge is 0.479 e. The molecule has 4 heterocycles. The molecule has 3 unspecified atom stereocenters. The van der Waals surface area contributed by atoms with E-state index in [1.165, 1.54) is 14.2 Å². The van der Waals surface area contributed by atoms with Crippen molar-refractivity contribution in [2.24, 2.45) is 10.9 Å². The van der Waals surface area contributed by atoms with Crippen LogP contribution in [0.4, 0.5) is 14.6 Å². The van der Waals surface area contributed by atoms with Gasteiger partial charge in [0, 0.05) is 64.2 Å². The number of hydrogen-bond donors (Lipinski definition) is 2. The maximum absolute atomic E-state index is 14.3. The summed E-state index contributed by atoms with van der Waals surface area (Å²) in [6.45, 7) is 1.26. The van der Waals surface area contributed by atoms with Crippen molar-refractivity contribution >= 4 is 17.8 Å². The number of ether oxygens (including phenoxy) is 2. The van der Waals surface area contributed by atoms with E-state index < -0.39 is 23.3 Å². The van der Waals surface area contributed by atoms with Gasteiger partial charge in [0.1, 0.15) is 5.60 Å². The minimum atomic E-state index is -1.02. The van der Waals surface area contributed by atoms with Gasteiger partial charge in [-0.15, -0.1) is 5.59 Å². The Hall–Kier alpha value is -2.21. The first-order chi connectivity index (χ1) is 15.0. The van der Waals surface area contributed by atoms with Crippen molar-refractivity contribution in [2.75, 3.05) is 38.8 Å². The smallest absolute Gasteiger partial charge is 0.252 e. The normalized spacial score (nSPS) is 28.0. The molecule has 3 aliphatic heterocycles. The minimum absolute atomic E-state index is 0.000897. The van der Waals surface area contributed by atoms with Gasteiger partial charge in [-0.1, -0.05) is 0 Å². The predicted octanol–water partition coefficient (Wildman–Crippen LogP) is 1.18. The fraction of sp³-hybridized carbons (Fsp3) is 0.650. The number of pyridine rings is 1. The van der Waals surface area contributed by atoms with E-state index in [1.807, 2.05) is 6.21 Å². The number of piperidine rings is 1. The van der Waals surface area contributed by atoms with Crippen LogP contribution in [0.25, 0.3) is 0 Å². The summed E-state index contributed by atoms with van der Waals surface area (Å²) in [4.78, 5) is 29.1. The molecule has 3 atom stereocenters. The predicted molar refractivity (Wildman–Crippen MR) is 108 cm³/mol. The lowest BCUT2D eigenvalue weighted by Gasteiger charge is -2.41. The van der Waals surface area contributed by atoms with Crippen LogP contribution in [0.1, 0.15) is 25.7 Å². The lowest BCUT2D eigenvalue weighted by Crippen LogP contribution is -2.58. The lowest BCUT2D eigenvalue weighted by atomic mass is 9.80. The van der Waals surface area contributed by atoms with Gasteiger partial charge in [0.05, 0.1) is 19.3 Å². The fourth-order valence-corrected chi connectivity index (χ4v) is 4.54. The van der Waals surface area contributed by atoms with Crippen LogP contribution >= 0.6 is 0 Å². The third kappa shape index (κ3) is 4.27. The molecule has 0 aromatic carbocycles. The van der Waals surface area contributed by atoms with E-state index in [9.17, 15) is 13.6 Å². The van der Waals surface area contributed by atoms with E-state index in [2.05, 4.69) is 21.0 Å². The number of carbonyl (C=O) groups is 1. The second kappa shape index (κ2) is 9.11. The first-order valence-corrected chi connectivity index (χ1v) is 10.4. The molecule has 2 fully saturated rings. The van der Waals surface area contributed by atoms with Crippen molar-refractivity contribution in [3.8, 4) is 5.88 Å². The first kappa shape index (κ1) is 22.0.